The largest absolute Gasteiger partial charge is 0.481 e. The van der Waals surface area contributed by atoms with Crippen molar-refractivity contribution in [3.63, 3.8) is 0 Å². The van der Waals surface area contributed by atoms with Crippen molar-refractivity contribution in [1.82, 2.24) is 4.90 Å². The minimum absolute atomic E-state index is 0.0630. The first-order valence-electron chi connectivity index (χ1n) is 5.78. The van der Waals surface area contributed by atoms with Gasteiger partial charge in [0.05, 0.1) is 14.6 Å². The third-order valence-electron chi connectivity index (χ3n) is 3.02. The third kappa shape index (κ3) is 3.85. The van der Waals surface area contributed by atoms with Crippen LogP contribution in [-0.2, 0) is 4.79 Å². The van der Waals surface area contributed by atoms with Gasteiger partial charge in [-0.1, -0.05) is 37.0 Å². The predicted molar refractivity (Wildman–Crippen MR) is 76.8 cm³/mol. The first-order chi connectivity index (χ1) is 8.36. The number of hydrogen-bond acceptors (Lipinski definition) is 3. The number of rotatable bonds is 6. The summed E-state index contributed by atoms with van der Waals surface area (Å²) in [4.78, 5) is 13.0. The van der Waals surface area contributed by atoms with E-state index in [2.05, 4.69) is 4.90 Å². The van der Waals surface area contributed by atoms with Gasteiger partial charge >= 0.3 is 5.97 Å². The van der Waals surface area contributed by atoms with E-state index in [0.29, 0.717) is 15.2 Å². The van der Waals surface area contributed by atoms with Crippen LogP contribution in [0.15, 0.2) is 6.07 Å². The number of carboxylic acid groups (broad SMARTS) is 1. The highest BCUT2D eigenvalue weighted by molar-refractivity contribution is 7.20. The van der Waals surface area contributed by atoms with Crippen LogP contribution < -0.4 is 0 Å². The third-order valence-corrected chi connectivity index (χ3v) is 4.53. The van der Waals surface area contributed by atoms with E-state index in [9.17, 15) is 4.79 Å². The maximum Gasteiger partial charge on any atom is 0.307 e. The summed E-state index contributed by atoms with van der Waals surface area (Å²) in [5, 5.41) is 8.97. The first-order valence-corrected chi connectivity index (χ1v) is 7.35. The maximum atomic E-state index is 10.9. The zero-order valence-electron chi connectivity index (χ0n) is 10.6. The number of hydrogen-bond donors (Lipinski definition) is 1. The molecule has 0 fully saturated rings. The molecule has 1 N–H and O–H groups in total. The fraction of sp³-hybridized carbons (Fsp3) is 0.583. The average molecular weight is 310 g/mol. The average Bonchev–Trinajstić information content (AvgIpc) is 2.63. The van der Waals surface area contributed by atoms with Crippen LogP contribution >= 0.6 is 34.5 Å². The Balaban J connectivity index is 2.82. The Morgan fingerprint density at radius 2 is 2.11 bits per heavy atom. The summed E-state index contributed by atoms with van der Waals surface area (Å²) >= 11 is 13.4. The molecular formula is C12H17Cl2NO2S. The van der Waals surface area contributed by atoms with Crippen LogP contribution in [0.2, 0.25) is 8.67 Å². The zero-order valence-corrected chi connectivity index (χ0v) is 12.9. The topological polar surface area (TPSA) is 40.5 Å². The van der Waals surface area contributed by atoms with Gasteiger partial charge in [0, 0.05) is 18.2 Å². The number of carboxylic acids is 1. The molecule has 1 rings (SSSR count). The minimum Gasteiger partial charge on any atom is -0.481 e. The summed E-state index contributed by atoms with van der Waals surface area (Å²) in [5.74, 6) is -1.18. The molecule has 2 atom stereocenters. The SMILES string of the molecule is CCN(CC(C)C(=O)O)C(C)c1cc(Cl)sc1Cl. The lowest BCUT2D eigenvalue weighted by molar-refractivity contribution is -0.141. The Kier molecular flexibility index (Phi) is 5.92. The number of thiophene rings is 1. The van der Waals surface area contributed by atoms with E-state index in [4.69, 9.17) is 28.3 Å². The van der Waals surface area contributed by atoms with Gasteiger partial charge in [-0.2, -0.15) is 0 Å². The first kappa shape index (κ1) is 15.8. The highest BCUT2D eigenvalue weighted by atomic mass is 35.5. The molecule has 0 saturated carbocycles. The van der Waals surface area contributed by atoms with Crippen molar-refractivity contribution in [3.05, 3.63) is 20.3 Å². The van der Waals surface area contributed by atoms with Crippen LogP contribution in [0.3, 0.4) is 0 Å². The van der Waals surface area contributed by atoms with Crippen molar-refractivity contribution in [2.45, 2.75) is 26.8 Å². The van der Waals surface area contributed by atoms with Crippen molar-refractivity contribution < 1.29 is 9.90 Å². The number of aliphatic carboxylic acids is 1. The molecule has 0 aliphatic heterocycles. The van der Waals surface area contributed by atoms with Gasteiger partial charge in [-0.15, -0.1) is 11.3 Å². The Labute approximate surface area is 121 Å². The van der Waals surface area contributed by atoms with Crippen LogP contribution in [0.4, 0.5) is 0 Å². The molecule has 0 aliphatic rings. The Bertz CT molecular complexity index is 422. The van der Waals surface area contributed by atoms with Gasteiger partial charge in [-0.25, -0.2) is 0 Å². The second kappa shape index (κ2) is 6.75. The molecule has 0 aromatic carbocycles. The van der Waals surface area contributed by atoms with Crippen LogP contribution in [0.5, 0.6) is 0 Å². The monoisotopic (exact) mass is 309 g/mol. The molecular weight excluding hydrogens is 293 g/mol. The highest BCUT2D eigenvalue weighted by Gasteiger charge is 2.23. The predicted octanol–water partition coefficient (Wildman–Crippen LogP) is 4.16. The van der Waals surface area contributed by atoms with Crippen molar-refractivity contribution in [2.24, 2.45) is 5.92 Å². The van der Waals surface area contributed by atoms with Gasteiger partial charge in [-0.3, -0.25) is 9.69 Å². The second-order valence-electron chi connectivity index (χ2n) is 4.28. The summed E-state index contributed by atoms with van der Waals surface area (Å²) in [6.45, 7) is 6.99. The van der Waals surface area contributed by atoms with Crippen LogP contribution in [-0.4, -0.2) is 29.1 Å². The molecule has 102 valence electrons. The Morgan fingerprint density at radius 1 is 1.50 bits per heavy atom. The molecule has 1 heterocycles. The molecule has 1 aromatic rings. The van der Waals surface area contributed by atoms with Crippen LogP contribution in [0.25, 0.3) is 0 Å². The molecule has 0 saturated heterocycles. The molecule has 0 bridgehead atoms. The van der Waals surface area contributed by atoms with Crippen molar-refractivity contribution in [2.75, 3.05) is 13.1 Å². The molecule has 0 radical (unpaired) electrons. The van der Waals surface area contributed by atoms with Crippen molar-refractivity contribution >= 4 is 40.5 Å². The van der Waals surface area contributed by atoms with Crippen molar-refractivity contribution in [1.29, 1.82) is 0 Å². The molecule has 6 heteroatoms. The lowest BCUT2D eigenvalue weighted by atomic mass is 10.1. The van der Waals surface area contributed by atoms with E-state index < -0.39 is 11.9 Å². The van der Waals surface area contributed by atoms with Crippen molar-refractivity contribution in [3.8, 4) is 0 Å². The van der Waals surface area contributed by atoms with E-state index in [1.807, 2.05) is 19.9 Å². The lowest BCUT2D eigenvalue weighted by Gasteiger charge is -2.29. The van der Waals surface area contributed by atoms with Gasteiger partial charge in [0.25, 0.3) is 0 Å². The lowest BCUT2D eigenvalue weighted by Crippen LogP contribution is -2.33. The Morgan fingerprint density at radius 3 is 2.50 bits per heavy atom. The molecule has 0 spiro atoms. The molecule has 2 unspecified atom stereocenters. The van der Waals surface area contributed by atoms with E-state index >= 15 is 0 Å². The number of halogens is 2. The molecule has 3 nitrogen and oxygen atoms in total. The fourth-order valence-corrected chi connectivity index (χ4v) is 3.46. The number of nitrogens with zero attached hydrogens (tertiary/aromatic N) is 1. The quantitative estimate of drug-likeness (QED) is 0.858. The molecule has 0 amide bonds. The summed E-state index contributed by atoms with van der Waals surface area (Å²) < 4.78 is 1.33. The maximum absolute atomic E-state index is 10.9. The van der Waals surface area contributed by atoms with Gasteiger partial charge in [0.1, 0.15) is 0 Å². The fourth-order valence-electron chi connectivity index (χ4n) is 1.83. The smallest absolute Gasteiger partial charge is 0.307 e. The summed E-state index contributed by atoms with van der Waals surface area (Å²) in [5.41, 5.74) is 0.964. The van der Waals surface area contributed by atoms with Crippen LogP contribution in [0, 0.1) is 5.92 Å². The number of carbonyl (C=O) groups is 1. The standard InChI is InChI=1S/C12H17Cl2NO2S/c1-4-15(6-7(2)12(16)17)8(3)9-5-10(13)18-11(9)14/h5,7-8H,4,6H2,1-3H3,(H,16,17). The van der Waals surface area contributed by atoms with E-state index in [-0.39, 0.29) is 6.04 Å². The Hall–Kier alpha value is -0.290. The summed E-state index contributed by atoms with van der Waals surface area (Å²) in [7, 11) is 0. The molecule has 18 heavy (non-hydrogen) atoms. The summed E-state index contributed by atoms with van der Waals surface area (Å²) in [6, 6.07) is 1.92. The van der Waals surface area contributed by atoms with E-state index in [1.54, 1.807) is 6.92 Å². The highest BCUT2D eigenvalue weighted by Crippen LogP contribution is 2.37. The zero-order chi connectivity index (χ0) is 13.9. The van der Waals surface area contributed by atoms with Gasteiger partial charge < -0.3 is 5.11 Å². The summed E-state index contributed by atoms with van der Waals surface area (Å²) in [6.07, 6.45) is 0. The molecule has 0 aliphatic carbocycles. The normalized spacial score (nSPS) is 14.8. The second-order valence-corrected chi connectivity index (χ2v) is 6.57. The van der Waals surface area contributed by atoms with Crippen LogP contribution in [0.1, 0.15) is 32.4 Å². The van der Waals surface area contributed by atoms with E-state index in [1.165, 1.54) is 11.3 Å². The van der Waals surface area contributed by atoms with Gasteiger partial charge in [0.2, 0.25) is 0 Å². The van der Waals surface area contributed by atoms with E-state index in [0.717, 1.165) is 12.1 Å². The van der Waals surface area contributed by atoms with Gasteiger partial charge in [-0.05, 0) is 19.5 Å². The minimum atomic E-state index is -0.782. The molecule has 1 aromatic heterocycles. The van der Waals surface area contributed by atoms with Gasteiger partial charge in [0.15, 0.2) is 0 Å².